The van der Waals surface area contributed by atoms with Crippen LogP contribution in [0, 0.1) is 0 Å². The van der Waals surface area contributed by atoms with Crippen molar-refractivity contribution in [3.05, 3.63) is 61.4 Å². The third-order valence-electron chi connectivity index (χ3n) is 2.47. The zero-order chi connectivity index (χ0) is 13.0. The summed E-state index contributed by atoms with van der Waals surface area (Å²) in [4.78, 5) is 0. The predicted octanol–water partition coefficient (Wildman–Crippen LogP) is 5.60. The Morgan fingerprint density at radius 1 is 0.833 bits per heavy atom. The molecule has 2 rings (SSSR count). The van der Waals surface area contributed by atoms with E-state index in [-0.39, 0.29) is 0 Å². The van der Waals surface area contributed by atoms with Gasteiger partial charge in [-0.25, -0.2) is 0 Å². The molecule has 0 aliphatic heterocycles. The van der Waals surface area contributed by atoms with Crippen molar-refractivity contribution in [3.63, 3.8) is 0 Å². The minimum Gasteiger partial charge on any atom is -0.491 e. The molecule has 1 nitrogen and oxygen atoms in total. The molecule has 0 amide bonds. The second kappa shape index (κ2) is 6.73. The van der Waals surface area contributed by atoms with Gasteiger partial charge < -0.3 is 4.74 Å². The highest BCUT2D eigenvalue weighted by Crippen LogP contribution is 2.32. The van der Waals surface area contributed by atoms with Crippen LogP contribution in [0.5, 0.6) is 5.75 Å². The van der Waals surface area contributed by atoms with Gasteiger partial charge in [0.1, 0.15) is 5.75 Å². The number of benzene rings is 2. The molecule has 0 unspecified atom stereocenters. The zero-order valence-electron chi connectivity index (χ0n) is 9.50. The lowest BCUT2D eigenvalue weighted by atomic mass is 10.2. The first-order chi connectivity index (χ1) is 8.66. The van der Waals surface area contributed by atoms with E-state index in [0.717, 1.165) is 25.6 Å². The Labute approximate surface area is 132 Å². The molecule has 2 aromatic carbocycles. The third-order valence-corrected chi connectivity index (χ3v) is 4.25. The van der Waals surface area contributed by atoms with Crippen molar-refractivity contribution >= 4 is 47.8 Å². The number of rotatable bonds is 4. The topological polar surface area (TPSA) is 9.23 Å². The van der Waals surface area contributed by atoms with E-state index in [2.05, 4.69) is 59.9 Å². The number of hydrogen-bond donors (Lipinski definition) is 0. The lowest BCUT2D eigenvalue weighted by Gasteiger charge is -2.10. The minimum atomic E-state index is 0.656. The third kappa shape index (κ3) is 3.84. The van der Waals surface area contributed by atoms with E-state index >= 15 is 0 Å². The molecule has 0 spiro atoms. The second-order valence-corrected chi connectivity index (χ2v) is 6.40. The van der Waals surface area contributed by atoms with Crippen LogP contribution in [0.1, 0.15) is 5.56 Å². The number of hydrogen-bond acceptors (Lipinski definition) is 1. The highest BCUT2D eigenvalue weighted by molar-refractivity contribution is 9.11. The van der Waals surface area contributed by atoms with Gasteiger partial charge in [0, 0.05) is 10.9 Å². The van der Waals surface area contributed by atoms with Crippen molar-refractivity contribution < 1.29 is 4.74 Å². The van der Waals surface area contributed by atoms with Crippen LogP contribution in [-0.4, -0.2) is 6.61 Å². The van der Waals surface area contributed by atoms with Crippen LogP contribution >= 0.6 is 47.8 Å². The Morgan fingerprint density at radius 3 is 2.06 bits per heavy atom. The smallest absolute Gasteiger partial charge is 0.147 e. The summed E-state index contributed by atoms with van der Waals surface area (Å²) in [5.41, 5.74) is 1.27. The van der Waals surface area contributed by atoms with Gasteiger partial charge >= 0.3 is 0 Å². The van der Waals surface area contributed by atoms with Gasteiger partial charge in [-0.15, -0.1) is 0 Å². The predicted molar refractivity (Wildman–Crippen MR) is 85.2 cm³/mol. The molecule has 0 bridgehead atoms. The standard InChI is InChI=1S/C14H11Br3O/c15-11-6-4-10(5-7-11)8-9-18-14-12(16)2-1-3-13(14)17/h1-7H,8-9H2. The Morgan fingerprint density at radius 2 is 1.44 bits per heavy atom. The SMILES string of the molecule is Brc1ccc(CCOc2c(Br)cccc2Br)cc1. The molecule has 94 valence electrons. The van der Waals surface area contributed by atoms with Crippen molar-refractivity contribution in [1.82, 2.24) is 0 Å². The summed E-state index contributed by atoms with van der Waals surface area (Å²) in [6.07, 6.45) is 0.890. The minimum absolute atomic E-state index is 0.656. The van der Waals surface area contributed by atoms with Crippen LogP contribution in [0.15, 0.2) is 55.9 Å². The van der Waals surface area contributed by atoms with Gasteiger partial charge in [-0.2, -0.15) is 0 Å². The largest absolute Gasteiger partial charge is 0.491 e. The molecule has 0 saturated heterocycles. The van der Waals surface area contributed by atoms with Crippen LogP contribution in [0.2, 0.25) is 0 Å². The lowest BCUT2D eigenvalue weighted by molar-refractivity contribution is 0.318. The van der Waals surface area contributed by atoms with Gasteiger partial charge in [-0.3, -0.25) is 0 Å². The van der Waals surface area contributed by atoms with E-state index in [1.54, 1.807) is 0 Å². The summed E-state index contributed by atoms with van der Waals surface area (Å²) in [6.45, 7) is 0.656. The lowest BCUT2D eigenvalue weighted by Crippen LogP contribution is -2.02. The van der Waals surface area contributed by atoms with Gasteiger partial charge in [0.25, 0.3) is 0 Å². The fraction of sp³-hybridized carbons (Fsp3) is 0.143. The number of para-hydroxylation sites is 1. The van der Waals surface area contributed by atoms with Crippen LogP contribution in [-0.2, 0) is 6.42 Å². The van der Waals surface area contributed by atoms with E-state index in [0.29, 0.717) is 6.61 Å². The number of halogens is 3. The highest BCUT2D eigenvalue weighted by Gasteiger charge is 2.05. The molecule has 0 N–H and O–H groups in total. The van der Waals surface area contributed by atoms with Gasteiger partial charge in [0.2, 0.25) is 0 Å². The molecule has 0 aliphatic carbocycles. The summed E-state index contributed by atoms with van der Waals surface area (Å²) in [6, 6.07) is 14.2. The van der Waals surface area contributed by atoms with E-state index in [4.69, 9.17) is 4.74 Å². The molecular formula is C14H11Br3O. The molecule has 18 heavy (non-hydrogen) atoms. The summed E-state index contributed by atoms with van der Waals surface area (Å²) in [5.74, 6) is 0.856. The van der Waals surface area contributed by atoms with E-state index < -0.39 is 0 Å². The molecule has 0 aliphatic rings. The van der Waals surface area contributed by atoms with Crippen molar-refractivity contribution in [1.29, 1.82) is 0 Å². The Balaban J connectivity index is 1.94. The Kier molecular flexibility index (Phi) is 5.27. The molecule has 0 saturated carbocycles. The first-order valence-electron chi connectivity index (χ1n) is 5.48. The van der Waals surface area contributed by atoms with Gasteiger partial charge in [-0.1, -0.05) is 34.1 Å². The molecule has 0 radical (unpaired) electrons. The molecule has 0 atom stereocenters. The molecular weight excluding hydrogens is 424 g/mol. The van der Waals surface area contributed by atoms with Crippen molar-refractivity contribution in [2.24, 2.45) is 0 Å². The van der Waals surface area contributed by atoms with Gasteiger partial charge in [0.05, 0.1) is 15.6 Å². The first-order valence-corrected chi connectivity index (χ1v) is 7.86. The van der Waals surface area contributed by atoms with E-state index in [1.807, 2.05) is 30.3 Å². The molecule has 4 heteroatoms. The highest BCUT2D eigenvalue weighted by atomic mass is 79.9. The average molecular weight is 435 g/mol. The monoisotopic (exact) mass is 432 g/mol. The summed E-state index contributed by atoms with van der Waals surface area (Å²) >= 11 is 10.4. The van der Waals surface area contributed by atoms with E-state index in [1.165, 1.54) is 5.56 Å². The average Bonchev–Trinajstić information content (AvgIpc) is 2.35. The van der Waals surface area contributed by atoms with Crippen LogP contribution in [0.4, 0.5) is 0 Å². The number of ether oxygens (including phenoxy) is 1. The van der Waals surface area contributed by atoms with Crippen LogP contribution < -0.4 is 4.74 Å². The molecule has 0 aromatic heterocycles. The van der Waals surface area contributed by atoms with Gasteiger partial charge in [0.15, 0.2) is 0 Å². The molecule has 0 heterocycles. The Hall–Kier alpha value is -0.320. The Bertz CT molecular complexity index is 503. The maximum Gasteiger partial charge on any atom is 0.147 e. The van der Waals surface area contributed by atoms with Crippen molar-refractivity contribution in [2.75, 3.05) is 6.61 Å². The fourth-order valence-electron chi connectivity index (χ4n) is 1.54. The van der Waals surface area contributed by atoms with Gasteiger partial charge in [-0.05, 0) is 61.7 Å². The molecule has 0 fully saturated rings. The van der Waals surface area contributed by atoms with E-state index in [9.17, 15) is 0 Å². The maximum atomic E-state index is 5.80. The second-order valence-electron chi connectivity index (χ2n) is 3.78. The van der Waals surface area contributed by atoms with Crippen molar-refractivity contribution in [2.45, 2.75) is 6.42 Å². The fourth-order valence-corrected chi connectivity index (χ4v) is 3.03. The normalized spacial score (nSPS) is 10.4. The van der Waals surface area contributed by atoms with Crippen molar-refractivity contribution in [3.8, 4) is 5.75 Å². The summed E-state index contributed by atoms with van der Waals surface area (Å²) in [5, 5.41) is 0. The van der Waals surface area contributed by atoms with Crippen LogP contribution in [0.3, 0.4) is 0 Å². The quantitative estimate of drug-likeness (QED) is 0.609. The van der Waals surface area contributed by atoms with Crippen LogP contribution in [0.25, 0.3) is 0 Å². The zero-order valence-corrected chi connectivity index (χ0v) is 14.3. The summed E-state index contributed by atoms with van der Waals surface area (Å²) < 4.78 is 8.83. The first kappa shape index (κ1) is 14.1. The summed E-state index contributed by atoms with van der Waals surface area (Å²) in [7, 11) is 0. The molecule has 2 aromatic rings. The maximum absolute atomic E-state index is 5.80.